The van der Waals surface area contributed by atoms with E-state index < -0.39 is 5.66 Å². The second-order valence-corrected chi connectivity index (χ2v) is 11.4. The molecule has 2 aliphatic carbocycles. The molecule has 0 aromatic heterocycles. The van der Waals surface area contributed by atoms with Gasteiger partial charge in [-0.3, -0.25) is 9.59 Å². The van der Waals surface area contributed by atoms with Crippen LogP contribution in [0.4, 0.5) is 5.69 Å². The number of alkyl halides is 1. The first kappa shape index (κ1) is 27.5. The predicted octanol–water partition coefficient (Wildman–Crippen LogP) is 8.10. The first-order chi connectivity index (χ1) is 17.9. The Balaban J connectivity index is 1.32. The molecule has 5 heteroatoms. The van der Waals surface area contributed by atoms with Crippen molar-refractivity contribution in [3.63, 3.8) is 0 Å². The Kier molecular flexibility index (Phi) is 9.55. The molecule has 0 heterocycles. The zero-order valence-electron chi connectivity index (χ0n) is 21.9. The number of hydrogen-bond donors (Lipinski definition) is 2. The molecule has 2 atom stereocenters. The largest absolute Gasteiger partial charge is 0.362 e. The first-order valence-electron chi connectivity index (χ1n) is 13.9. The van der Waals surface area contributed by atoms with Crippen molar-refractivity contribution in [2.45, 2.75) is 88.0 Å². The molecular weight excluding hydrogens is 524 g/mol. The fourth-order valence-corrected chi connectivity index (χ4v) is 5.90. The minimum atomic E-state index is -0.920. The molecule has 2 unspecified atom stereocenters. The van der Waals surface area contributed by atoms with Gasteiger partial charge in [0.15, 0.2) is 11.6 Å². The minimum absolute atomic E-state index is 0.131. The number of hydrogen-bond acceptors (Lipinski definition) is 4. The number of halogens is 1. The Morgan fingerprint density at radius 1 is 0.811 bits per heavy atom. The predicted molar refractivity (Wildman–Crippen MR) is 157 cm³/mol. The van der Waals surface area contributed by atoms with Gasteiger partial charge in [0.2, 0.25) is 0 Å². The van der Waals surface area contributed by atoms with Crippen molar-refractivity contribution in [1.82, 2.24) is 0 Å². The first-order valence-corrected chi connectivity index (χ1v) is 14.8. The number of nitrogens with two attached hydrogens (primary N) is 1. The van der Waals surface area contributed by atoms with E-state index in [-0.39, 0.29) is 16.4 Å². The molecule has 196 valence electrons. The van der Waals surface area contributed by atoms with Gasteiger partial charge in [-0.2, -0.15) is 0 Å². The SMILES string of the molecule is CCCCCCCCCCCCC1=CC(Br)C(N)(Nc2cccc3c2C(=O)c2ccccc2C3=O)C=C1. The summed E-state index contributed by atoms with van der Waals surface area (Å²) in [5, 5.41) is 3.37. The van der Waals surface area contributed by atoms with E-state index in [2.05, 4.69) is 40.3 Å². The molecular formula is C32H39BrN2O2. The molecule has 0 bridgehead atoms. The van der Waals surface area contributed by atoms with Gasteiger partial charge < -0.3 is 11.1 Å². The highest BCUT2D eigenvalue weighted by Gasteiger charge is 2.36. The number of carbonyl (C=O) groups excluding carboxylic acids is 2. The van der Waals surface area contributed by atoms with Crippen LogP contribution in [0.25, 0.3) is 0 Å². The number of benzene rings is 2. The van der Waals surface area contributed by atoms with E-state index >= 15 is 0 Å². The Morgan fingerprint density at radius 3 is 2.05 bits per heavy atom. The summed E-state index contributed by atoms with van der Waals surface area (Å²) in [5.74, 6) is -0.284. The van der Waals surface area contributed by atoms with Crippen molar-refractivity contribution >= 4 is 33.2 Å². The summed E-state index contributed by atoms with van der Waals surface area (Å²) in [4.78, 5) is 26.3. The normalized spacial score (nSPS) is 20.4. The van der Waals surface area contributed by atoms with E-state index in [1.807, 2.05) is 12.1 Å². The highest BCUT2D eigenvalue weighted by atomic mass is 79.9. The maximum Gasteiger partial charge on any atom is 0.196 e. The highest BCUT2D eigenvalue weighted by Crippen LogP contribution is 2.35. The number of ketones is 2. The molecule has 0 saturated heterocycles. The number of allylic oxidation sites excluding steroid dienone is 2. The van der Waals surface area contributed by atoms with E-state index in [0.717, 1.165) is 6.42 Å². The Hall–Kier alpha value is -2.50. The number of unbranched alkanes of at least 4 members (excludes halogenated alkanes) is 9. The molecule has 2 aromatic carbocycles. The van der Waals surface area contributed by atoms with E-state index in [0.29, 0.717) is 27.9 Å². The van der Waals surface area contributed by atoms with E-state index in [1.54, 1.807) is 36.4 Å². The molecule has 4 rings (SSSR count). The van der Waals surface area contributed by atoms with Crippen molar-refractivity contribution in [3.8, 4) is 0 Å². The van der Waals surface area contributed by atoms with Crippen LogP contribution < -0.4 is 11.1 Å². The lowest BCUT2D eigenvalue weighted by atomic mass is 9.83. The van der Waals surface area contributed by atoms with Crippen LogP contribution in [0.2, 0.25) is 0 Å². The minimum Gasteiger partial charge on any atom is -0.362 e. The summed E-state index contributed by atoms with van der Waals surface area (Å²) in [6.45, 7) is 2.26. The fourth-order valence-electron chi connectivity index (χ4n) is 5.29. The van der Waals surface area contributed by atoms with Gasteiger partial charge in [-0.05, 0) is 25.0 Å². The maximum atomic E-state index is 13.4. The number of carbonyl (C=O) groups is 2. The van der Waals surface area contributed by atoms with E-state index in [9.17, 15) is 9.59 Å². The summed E-state index contributed by atoms with van der Waals surface area (Å²) in [6.07, 6.45) is 20.5. The molecule has 0 fully saturated rings. The smallest absolute Gasteiger partial charge is 0.196 e. The molecule has 4 nitrogen and oxygen atoms in total. The number of nitrogens with one attached hydrogen (secondary N) is 1. The fraction of sp³-hybridized carbons (Fsp3) is 0.438. The Morgan fingerprint density at radius 2 is 1.41 bits per heavy atom. The monoisotopic (exact) mass is 562 g/mol. The summed E-state index contributed by atoms with van der Waals surface area (Å²) in [5.41, 5.74) is 9.41. The lowest BCUT2D eigenvalue weighted by molar-refractivity contribution is 0.0979. The van der Waals surface area contributed by atoms with Gasteiger partial charge in [0.1, 0.15) is 5.66 Å². The topological polar surface area (TPSA) is 72.2 Å². The zero-order chi connectivity index (χ0) is 26.3. The van der Waals surface area contributed by atoms with Crippen LogP contribution in [0.1, 0.15) is 109 Å². The van der Waals surface area contributed by atoms with Gasteiger partial charge >= 0.3 is 0 Å². The van der Waals surface area contributed by atoms with Crippen molar-refractivity contribution < 1.29 is 9.59 Å². The summed E-state index contributed by atoms with van der Waals surface area (Å²) in [7, 11) is 0. The summed E-state index contributed by atoms with van der Waals surface area (Å²) < 4.78 is 0. The van der Waals surface area contributed by atoms with Gasteiger partial charge in [0.25, 0.3) is 0 Å². The molecule has 0 amide bonds. The second-order valence-electron chi connectivity index (χ2n) is 10.4. The second kappa shape index (κ2) is 12.8. The lowest BCUT2D eigenvalue weighted by Crippen LogP contribution is -2.54. The zero-order valence-corrected chi connectivity index (χ0v) is 23.5. The van der Waals surface area contributed by atoms with Gasteiger partial charge in [0.05, 0.1) is 10.4 Å². The van der Waals surface area contributed by atoms with E-state index in [1.165, 1.54) is 69.8 Å². The van der Waals surface area contributed by atoms with Crippen LogP contribution in [-0.4, -0.2) is 22.1 Å². The standard InChI is InChI=1S/C32H39BrN2O2/c1-2-3-4-5-6-7-8-9-10-11-15-23-20-21-32(34,28(33)22-23)35-27-19-14-18-26-29(27)31(37)25-17-13-12-16-24(25)30(26)36/h12-14,16-22,28,35H,2-11,15,34H2,1H3. The average Bonchev–Trinajstić information content (AvgIpc) is 2.90. The summed E-state index contributed by atoms with van der Waals surface area (Å²) >= 11 is 3.76. The molecule has 37 heavy (non-hydrogen) atoms. The van der Waals surface area contributed by atoms with Crippen LogP contribution in [-0.2, 0) is 0 Å². The molecule has 2 aliphatic rings. The highest BCUT2D eigenvalue weighted by molar-refractivity contribution is 9.09. The molecule has 2 aromatic rings. The number of rotatable bonds is 13. The van der Waals surface area contributed by atoms with Gasteiger partial charge in [-0.1, -0.05) is 135 Å². The van der Waals surface area contributed by atoms with Crippen LogP contribution in [0, 0.1) is 0 Å². The van der Waals surface area contributed by atoms with Crippen LogP contribution >= 0.6 is 15.9 Å². The molecule has 0 radical (unpaired) electrons. The van der Waals surface area contributed by atoms with Crippen LogP contribution in [0.3, 0.4) is 0 Å². The maximum absolute atomic E-state index is 13.4. The third kappa shape index (κ3) is 6.50. The van der Waals surface area contributed by atoms with Gasteiger partial charge in [-0.25, -0.2) is 0 Å². The molecule has 0 aliphatic heterocycles. The Labute approximate surface area is 229 Å². The van der Waals surface area contributed by atoms with Crippen molar-refractivity contribution in [3.05, 3.63) is 88.5 Å². The Bertz CT molecular complexity index is 1190. The summed E-state index contributed by atoms with van der Waals surface area (Å²) in [6, 6.07) is 12.3. The van der Waals surface area contributed by atoms with Crippen LogP contribution in [0.5, 0.6) is 0 Å². The van der Waals surface area contributed by atoms with Crippen molar-refractivity contribution in [1.29, 1.82) is 0 Å². The average molecular weight is 564 g/mol. The van der Waals surface area contributed by atoms with E-state index in [4.69, 9.17) is 5.73 Å². The molecule has 0 spiro atoms. The van der Waals surface area contributed by atoms with Gasteiger partial charge in [-0.15, -0.1) is 0 Å². The number of anilines is 1. The van der Waals surface area contributed by atoms with Crippen molar-refractivity contribution in [2.75, 3.05) is 5.32 Å². The number of fused-ring (bicyclic) bond motifs is 2. The van der Waals surface area contributed by atoms with Gasteiger partial charge in [0, 0.05) is 22.4 Å². The molecule has 0 saturated carbocycles. The van der Waals surface area contributed by atoms with Crippen molar-refractivity contribution in [2.24, 2.45) is 5.73 Å². The van der Waals surface area contributed by atoms with Crippen LogP contribution in [0.15, 0.2) is 66.3 Å². The molecule has 3 N–H and O–H groups in total. The lowest BCUT2D eigenvalue weighted by Gasteiger charge is -2.36. The third-order valence-electron chi connectivity index (χ3n) is 7.51. The third-order valence-corrected chi connectivity index (χ3v) is 8.53. The quantitative estimate of drug-likeness (QED) is 0.125.